The number of hydrogen-bond donors (Lipinski definition) is 0. The van der Waals surface area contributed by atoms with Gasteiger partial charge < -0.3 is 48.2 Å². The van der Waals surface area contributed by atoms with Gasteiger partial charge in [-0.25, -0.2) is 12.2 Å². The summed E-state index contributed by atoms with van der Waals surface area (Å²) in [7, 11) is -0.113. The van der Waals surface area contributed by atoms with Crippen molar-refractivity contribution in [1.82, 2.24) is 0 Å². The topological polar surface area (TPSA) is 0 Å². The van der Waals surface area contributed by atoms with E-state index in [1.165, 1.54) is 0 Å². The maximum atomic E-state index is 4.25. The van der Waals surface area contributed by atoms with Gasteiger partial charge in [-0.1, -0.05) is 41.5 Å². The molecule has 0 N–H and O–H groups in total. The molecule has 1 aliphatic carbocycles. The zero-order valence-corrected chi connectivity index (χ0v) is 26.3. The maximum absolute atomic E-state index is 4.25. The van der Waals surface area contributed by atoms with Gasteiger partial charge in [0.25, 0.3) is 0 Å². The fourth-order valence-electron chi connectivity index (χ4n) is 1.35. The van der Waals surface area contributed by atoms with Crippen molar-refractivity contribution in [2.45, 2.75) is 99.8 Å². The molecular weight excluding hydrogens is 522 g/mol. The van der Waals surface area contributed by atoms with E-state index in [0.717, 1.165) is 6.42 Å². The molecule has 0 nitrogen and oxygen atoms in total. The Labute approximate surface area is 205 Å². The summed E-state index contributed by atoms with van der Waals surface area (Å²) in [6.45, 7) is 47.9. The van der Waals surface area contributed by atoms with E-state index in [-0.39, 0.29) is 33.8 Å². The van der Waals surface area contributed by atoms with Gasteiger partial charge in [-0.05, 0) is 10.3 Å². The average molecular weight is 577 g/mol. The van der Waals surface area contributed by atoms with Crippen LogP contribution >= 0.6 is 7.92 Å². The summed E-state index contributed by atoms with van der Waals surface area (Å²) < 4.78 is 0. The zero-order valence-electron chi connectivity index (χ0n) is 21.8. The van der Waals surface area contributed by atoms with Crippen molar-refractivity contribution in [2.75, 3.05) is 0 Å². The third-order valence-electron chi connectivity index (χ3n) is 2.21. The molecule has 176 valence electrons. The quantitative estimate of drug-likeness (QED) is 0.153. The molecule has 0 bridgehead atoms. The first-order valence-corrected chi connectivity index (χ1v) is 11.3. The van der Waals surface area contributed by atoms with E-state index in [4.69, 9.17) is 0 Å². The second-order valence-electron chi connectivity index (χ2n) is 5.77. The van der Waals surface area contributed by atoms with Gasteiger partial charge in [-0.3, -0.25) is 14.0 Å². The van der Waals surface area contributed by atoms with Crippen molar-refractivity contribution in [3.8, 4) is 0 Å². The van der Waals surface area contributed by atoms with Crippen LogP contribution in [0.15, 0.2) is 18.2 Å². The number of rotatable bonds is 0. The van der Waals surface area contributed by atoms with E-state index in [2.05, 4.69) is 102 Å². The molecule has 0 aliphatic heterocycles. The van der Waals surface area contributed by atoms with Crippen LogP contribution in [0, 0.1) is 54.3 Å². The number of hydrogen-bond acceptors (Lipinski definition) is 0. The molecule has 0 heterocycles. The van der Waals surface area contributed by atoms with Crippen LogP contribution in [-0.2, 0) is 25.8 Å². The molecule has 1 aliphatic rings. The smallest absolute Gasteiger partial charge is 0 e. The molecule has 0 saturated carbocycles. The summed E-state index contributed by atoms with van der Waals surface area (Å²) in [6, 6.07) is 0. The molecule has 0 aromatic rings. The third-order valence-corrected chi connectivity index (χ3v) is 5.44. The molecule has 0 fully saturated rings. The van der Waals surface area contributed by atoms with E-state index < -0.39 is 0 Å². The van der Waals surface area contributed by atoms with Crippen LogP contribution in [0.3, 0.4) is 0 Å². The van der Waals surface area contributed by atoms with Gasteiger partial charge in [-0.15, -0.1) is 6.42 Å². The Morgan fingerprint density at radius 2 is 0.893 bits per heavy atom. The second kappa shape index (κ2) is 46.1. The second-order valence-corrected chi connectivity index (χ2v) is 9.31. The summed E-state index contributed by atoms with van der Waals surface area (Å²) >= 11 is 0. The van der Waals surface area contributed by atoms with E-state index in [0.29, 0.717) is 10.3 Å². The van der Waals surface area contributed by atoms with Gasteiger partial charge in [-0.2, -0.15) is 47.6 Å². The molecule has 0 aromatic carbocycles. The van der Waals surface area contributed by atoms with Crippen LogP contribution < -0.4 is 0 Å². The minimum absolute atomic E-state index is 0. The molecular formula is C26H55HfP-8. The Hall–Kier alpha value is 0.780. The molecule has 0 radical (unpaired) electrons. The predicted molar refractivity (Wildman–Crippen MR) is 140 cm³/mol. The van der Waals surface area contributed by atoms with Crippen molar-refractivity contribution in [3.05, 3.63) is 72.5 Å². The first-order valence-electron chi connectivity index (χ1n) is 9.72. The van der Waals surface area contributed by atoms with Crippen molar-refractivity contribution in [2.24, 2.45) is 0 Å². The molecule has 0 amide bonds. The van der Waals surface area contributed by atoms with Crippen molar-refractivity contribution in [1.29, 1.82) is 0 Å². The van der Waals surface area contributed by atoms with E-state index in [9.17, 15) is 0 Å². The molecule has 0 saturated heterocycles. The maximum Gasteiger partial charge on any atom is 0 e. The Morgan fingerprint density at radius 1 is 0.643 bits per heavy atom. The predicted octanol–water partition coefficient (Wildman–Crippen LogP) is 10.2. The molecule has 0 unspecified atom stereocenters. The van der Waals surface area contributed by atoms with E-state index >= 15 is 0 Å². The fourth-order valence-corrected chi connectivity index (χ4v) is 3.36. The van der Waals surface area contributed by atoms with Crippen molar-refractivity contribution >= 4 is 7.92 Å². The minimum atomic E-state index is -0.113. The SMILES string of the molecule is [C-]1=CC=CC1.[CH2-]C.[CH2-]C.[CH2-]C.[CH2-]C.[CH2-]C.[CH2-]C.[CH2-]P(C(C)(C)C)C(C)(C)C.[Hf]. The summed E-state index contributed by atoms with van der Waals surface area (Å²) in [6.07, 6.45) is 10.0. The Balaban J connectivity index is -0.0000000316. The van der Waals surface area contributed by atoms with Gasteiger partial charge in [0.15, 0.2) is 0 Å². The van der Waals surface area contributed by atoms with Gasteiger partial charge in [0.05, 0.1) is 0 Å². The largest absolute Gasteiger partial charge is 0.346 e. The fraction of sp³-hybridized carbons (Fsp3) is 0.577. The zero-order chi connectivity index (χ0) is 24.1. The van der Waals surface area contributed by atoms with Gasteiger partial charge >= 0.3 is 0 Å². The monoisotopic (exact) mass is 578 g/mol. The molecule has 2 heteroatoms. The van der Waals surface area contributed by atoms with E-state index in [1.807, 2.05) is 12.2 Å². The molecule has 0 aromatic heterocycles. The van der Waals surface area contributed by atoms with Crippen LogP contribution in [0.4, 0.5) is 0 Å². The molecule has 28 heavy (non-hydrogen) atoms. The van der Waals surface area contributed by atoms with Gasteiger partial charge in [0, 0.05) is 25.8 Å². The summed E-state index contributed by atoms with van der Waals surface area (Å²) in [5.41, 5.74) is 0. The Morgan fingerprint density at radius 3 is 0.929 bits per heavy atom. The summed E-state index contributed by atoms with van der Waals surface area (Å²) in [5, 5.41) is 0.793. The Kier molecular flexibility index (Phi) is 84.8. The first-order chi connectivity index (χ1) is 12.7. The molecule has 0 spiro atoms. The number of allylic oxidation sites excluding steroid dienone is 4. The Bertz CT molecular complexity index is 206. The first kappa shape index (κ1) is 51.4. The van der Waals surface area contributed by atoms with Crippen LogP contribution in [0.25, 0.3) is 0 Å². The van der Waals surface area contributed by atoms with Crippen LogP contribution in [0.5, 0.6) is 0 Å². The van der Waals surface area contributed by atoms with Crippen LogP contribution in [-0.4, -0.2) is 10.3 Å². The van der Waals surface area contributed by atoms with E-state index in [1.54, 1.807) is 41.5 Å². The average Bonchev–Trinajstić information content (AvgIpc) is 3.29. The molecule has 1 rings (SSSR count). The minimum Gasteiger partial charge on any atom is -0.346 e. The summed E-state index contributed by atoms with van der Waals surface area (Å²) in [5.74, 6) is 0. The van der Waals surface area contributed by atoms with Crippen LogP contribution in [0.2, 0.25) is 0 Å². The van der Waals surface area contributed by atoms with Crippen molar-refractivity contribution < 1.29 is 25.8 Å². The standard InChI is InChI=1S/C9H20P.C5H5.6C2H5.Hf/c1-8(2,3)10(7)9(4,5)6;1-2-4-5-3-1;6*1-2;/h7H2,1-6H3;1-3H,4H2;6*1H2,2H3;/q8*-1;. The van der Waals surface area contributed by atoms with Crippen LogP contribution in [0.1, 0.15) is 89.5 Å². The summed E-state index contributed by atoms with van der Waals surface area (Å²) in [4.78, 5) is 0. The van der Waals surface area contributed by atoms with Crippen molar-refractivity contribution in [3.63, 3.8) is 0 Å². The van der Waals surface area contributed by atoms with Gasteiger partial charge in [0.2, 0.25) is 0 Å². The third kappa shape index (κ3) is 56.3. The normalized spacial score (nSPS) is 9.57. The van der Waals surface area contributed by atoms with Gasteiger partial charge in [0.1, 0.15) is 0 Å². The molecule has 0 atom stereocenters.